The van der Waals surface area contributed by atoms with Crippen molar-refractivity contribution in [3.05, 3.63) is 20.8 Å². The molecule has 1 atom stereocenters. The number of carbonyl (C=O) groups is 2. The summed E-state index contributed by atoms with van der Waals surface area (Å²) in [5.41, 5.74) is 0. The molecule has 1 rings (SSSR count). The highest BCUT2D eigenvalue weighted by atomic mass is 79.9. The molecule has 1 unspecified atom stereocenters. The average Bonchev–Trinajstić information content (AvgIpc) is 2.73. The van der Waals surface area contributed by atoms with Crippen molar-refractivity contribution in [1.82, 2.24) is 5.32 Å². The first-order valence-corrected chi connectivity index (χ1v) is 7.36. The van der Waals surface area contributed by atoms with E-state index in [1.807, 2.05) is 19.1 Å². The minimum atomic E-state index is -0.793. The fraction of sp³-hybridized carbons (Fsp3) is 0.500. The van der Waals surface area contributed by atoms with Crippen LogP contribution in [-0.4, -0.2) is 23.5 Å². The first-order valence-electron chi connectivity index (χ1n) is 5.75. The number of hydrogen-bond acceptors (Lipinski definition) is 3. The second kappa shape index (κ2) is 7.53. The summed E-state index contributed by atoms with van der Waals surface area (Å²) in [6.07, 6.45) is 1.44. The molecule has 6 heteroatoms. The minimum Gasteiger partial charge on any atom is -0.481 e. The summed E-state index contributed by atoms with van der Waals surface area (Å²) in [4.78, 5) is 23.1. The number of hydrogen-bond donors (Lipinski definition) is 2. The molecular formula is C12H16BrNO3S. The molecule has 0 aliphatic carbocycles. The van der Waals surface area contributed by atoms with Crippen LogP contribution in [0.2, 0.25) is 0 Å². The lowest BCUT2D eigenvalue weighted by molar-refractivity contribution is -0.137. The number of thiophene rings is 1. The van der Waals surface area contributed by atoms with Crippen molar-refractivity contribution in [2.75, 3.05) is 6.54 Å². The van der Waals surface area contributed by atoms with Crippen molar-refractivity contribution in [2.45, 2.75) is 32.1 Å². The Balaban J connectivity index is 2.26. The number of rotatable bonds is 7. The lowest BCUT2D eigenvalue weighted by Gasteiger charge is -2.10. The van der Waals surface area contributed by atoms with Crippen molar-refractivity contribution in [3.8, 4) is 0 Å². The Kier molecular flexibility index (Phi) is 6.35. The molecule has 0 radical (unpaired) electrons. The Hall–Kier alpha value is -0.880. The monoisotopic (exact) mass is 333 g/mol. The van der Waals surface area contributed by atoms with E-state index >= 15 is 0 Å². The van der Waals surface area contributed by atoms with Gasteiger partial charge >= 0.3 is 5.97 Å². The topological polar surface area (TPSA) is 66.4 Å². The summed E-state index contributed by atoms with van der Waals surface area (Å²) >= 11 is 4.92. The molecule has 0 aromatic carbocycles. The molecule has 1 aromatic heterocycles. The van der Waals surface area contributed by atoms with Crippen LogP contribution in [0.4, 0.5) is 0 Å². The number of halogens is 1. The molecular weight excluding hydrogens is 318 g/mol. The minimum absolute atomic E-state index is 0.0142. The van der Waals surface area contributed by atoms with Crippen molar-refractivity contribution in [3.63, 3.8) is 0 Å². The lowest BCUT2D eigenvalue weighted by atomic mass is 10.1. The fourth-order valence-electron chi connectivity index (χ4n) is 1.46. The lowest BCUT2D eigenvalue weighted by Crippen LogP contribution is -2.28. The van der Waals surface area contributed by atoms with E-state index in [0.29, 0.717) is 19.4 Å². The first kappa shape index (κ1) is 15.2. The molecule has 100 valence electrons. The van der Waals surface area contributed by atoms with E-state index in [2.05, 4.69) is 21.2 Å². The normalized spacial score (nSPS) is 12.1. The van der Waals surface area contributed by atoms with Gasteiger partial charge in [0, 0.05) is 17.8 Å². The van der Waals surface area contributed by atoms with Crippen LogP contribution in [0.1, 0.15) is 37.0 Å². The maximum absolute atomic E-state index is 11.8. The van der Waals surface area contributed by atoms with Crippen LogP contribution < -0.4 is 5.32 Å². The molecule has 18 heavy (non-hydrogen) atoms. The Morgan fingerprint density at radius 2 is 2.17 bits per heavy atom. The molecule has 0 spiro atoms. The van der Waals surface area contributed by atoms with Gasteiger partial charge in [-0.1, -0.05) is 0 Å². The number of nitrogens with one attached hydrogen (secondary N) is 1. The van der Waals surface area contributed by atoms with Gasteiger partial charge in [-0.3, -0.25) is 9.59 Å². The summed E-state index contributed by atoms with van der Waals surface area (Å²) in [7, 11) is 0. The van der Waals surface area contributed by atoms with Crippen molar-refractivity contribution >= 4 is 39.1 Å². The summed E-state index contributed by atoms with van der Waals surface area (Å²) < 4.78 is 1.01. The van der Waals surface area contributed by atoms with Crippen LogP contribution >= 0.6 is 27.3 Å². The predicted molar refractivity (Wildman–Crippen MR) is 74.9 cm³/mol. The highest BCUT2D eigenvalue weighted by Gasteiger charge is 2.16. The van der Waals surface area contributed by atoms with Gasteiger partial charge in [-0.05, 0) is 47.8 Å². The summed E-state index contributed by atoms with van der Waals surface area (Å²) in [5.74, 6) is -0.974. The zero-order valence-electron chi connectivity index (χ0n) is 10.1. The molecule has 4 nitrogen and oxygen atoms in total. The SMILES string of the molecule is CC(C(=O)NCCCCC(=O)O)c1ccc(Br)s1. The third-order valence-corrected chi connectivity index (χ3v) is 4.34. The van der Waals surface area contributed by atoms with E-state index in [1.54, 1.807) is 11.3 Å². The molecule has 0 saturated heterocycles. The first-order chi connectivity index (χ1) is 8.50. The van der Waals surface area contributed by atoms with Gasteiger partial charge in [0.15, 0.2) is 0 Å². The third-order valence-electron chi connectivity index (χ3n) is 2.53. The number of carboxylic acids is 1. The number of unbranched alkanes of at least 4 members (excludes halogenated alkanes) is 1. The van der Waals surface area contributed by atoms with Crippen LogP contribution in [-0.2, 0) is 9.59 Å². The zero-order valence-corrected chi connectivity index (χ0v) is 12.5. The van der Waals surface area contributed by atoms with Crippen LogP contribution in [0.3, 0.4) is 0 Å². The number of carbonyl (C=O) groups excluding carboxylic acids is 1. The number of carboxylic acid groups (broad SMARTS) is 1. The second-order valence-electron chi connectivity index (χ2n) is 4.01. The van der Waals surface area contributed by atoms with Crippen LogP contribution in [0.5, 0.6) is 0 Å². The molecule has 0 bridgehead atoms. The second-order valence-corrected chi connectivity index (χ2v) is 6.50. The van der Waals surface area contributed by atoms with E-state index in [-0.39, 0.29) is 18.2 Å². The Bertz CT molecular complexity index is 419. The van der Waals surface area contributed by atoms with Crippen molar-refractivity contribution in [2.24, 2.45) is 0 Å². The Morgan fingerprint density at radius 3 is 2.72 bits per heavy atom. The van der Waals surface area contributed by atoms with Gasteiger partial charge in [0.25, 0.3) is 0 Å². The van der Waals surface area contributed by atoms with Gasteiger partial charge in [-0.2, -0.15) is 0 Å². The zero-order chi connectivity index (χ0) is 13.5. The van der Waals surface area contributed by atoms with Gasteiger partial charge in [-0.15, -0.1) is 11.3 Å². The van der Waals surface area contributed by atoms with Gasteiger partial charge in [0.05, 0.1) is 9.70 Å². The van der Waals surface area contributed by atoms with Crippen LogP contribution in [0.15, 0.2) is 15.9 Å². The highest BCUT2D eigenvalue weighted by molar-refractivity contribution is 9.11. The van der Waals surface area contributed by atoms with Crippen LogP contribution in [0, 0.1) is 0 Å². The molecule has 2 N–H and O–H groups in total. The van der Waals surface area contributed by atoms with E-state index in [0.717, 1.165) is 8.66 Å². The molecule has 1 heterocycles. The van der Waals surface area contributed by atoms with E-state index in [4.69, 9.17) is 5.11 Å². The van der Waals surface area contributed by atoms with E-state index in [1.165, 1.54) is 0 Å². The van der Waals surface area contributed by atoms with Gasteiger partial charge in [0.2, 0.25) is 5.91 Å². The Labute approximate surface area is 119 Å². The third kappa shape index (κ3) is 5.18. The molecule has 0 saturated carbocycles. The molecule has 0 fully saturated rings. The predicted octanol–water partition coefficient (Wildman–Crippen LogP) is 2.99. The quantitative estimate of drug-likeness (QED) is 0.754. The van der Waals surface area contributed by atoms with Crippen molar-refractivity contribution in [1.29, 1.82) is 0 Å². The van der Waals surface area contributed by atoms with Gasteiger partial charge in [0.1, 0.15) is 0 Å². The number of amides is 1. The maximum Gasteiger partial charge on any atom is 0.303 e. The van der Waals surface area contributed by atoms with Crippen LogP contribution in [0.25, 0.3) is 0 Å². The molecule has 1 aromatic rings. The Morgan fingerprint density at radius 1 is 1.44 bits per heavy atom. The van der Waals surface area contributed by atoms with E-state index < -0.39 is 5.97 Å². The maximum atomic E-state index is 11.8. The molecule has 0 aliphatic rings. The molecule has 1 amide bonds. The molecule has 0 aliphatic heterocycles. The average molecular weight is 334 g/mol. The number of aliphatic carboxylic acids is 1. The fourth-order valence-corrected chi connectivity index (χ4v) is 2.93. The smallest absolute Gasteiger partial charge is 0.303 e. The largest absolute Gasteiger partial charge is 0.481 e. The van der Waals surface area contributed by atoms with Crippen molar-refractivity contribution < 1.29 is 14.7 Å². The highest BCUT2D eigenvalue weighted by Crippen LogP contribution is 2.28. The summed E-state index contributed by atoms with van der Waals surface area (Å²) in [5, 5.41) is 11.3. The van der Waals surface area contributed by atoms with Gasteiger partial charge in [-0.25, -0.2) is 0 Å². The summed E-state index contributed by atoms with van der Waals surface area (Å²) in [6.45, 7) is 2.40. The van der Waals surface area contributed by atoms with E-state index in [9.17, 15) is 9.59 Å². The standard InChI is InChI=1S/C12H16BrNO3S/c1-8(9-5-6-10(13)18-9)12(17)14-7-3-2-4-11(15)16/h5-6,8H,2-4,7H2,1H3,(H,14,17)(H,15,16). The summed E-state index contributed by atoms with van der Waals surface area (Å²) in [6, 6.07) is 3.86. The van der Waals surface area contributed by atoms with Gasteiger partial charge < -0.3 is 10.4 Å².